The minimum Gasteiger partial charge on any atom is -0.491 e. The van der Waals surface area contributed by atoms with E-state index in [1.54, 1.807) is 25.1 Å². The second kappa shape index (κ2) is 5.60. The summed E-state index contributed by atoms with van der Waals surface area (Å²) in [5.41, 5.74) is 6.81. The van der Waals surface area contributed by atoms with Gasteiger partial charge in [0.15, 0.2) is 0 Å². The molecule has 0 bridgehead atoms. The fraction of sp³-hybridized carbons (Fsp3) is 0.417. The first kappa shape index (κ1) is 13.9. The van der Waals surface area contributed by atoms with E-state index >= 15 is 0 Å². The molecule has 19 heavy (non-hydrogen) atoms. The van der Waals surface area contributed by atoms with E-state index < -0.39 is 25.0 Å². The van der Waals surface area contributed by atoms with Crippen LogP contribution in [0.2, 0.25) is 0 Å². The van der Waals surface area contributed by atoms with E-state index in [1.165, 1.54) is 0 Å². The van der Waals surface area contributed by atoms with Crippen LogP contribution in [0.5, 0.6) is 5.75 Å². The number of carbonyl (C=O) groups is 1. The van der Waals surface area contributed by atoms with Crippen molar-refractivity contribution in [3.8, 4) is 5.75 Å². The molecule has 1 aromatic rings. The third-order valence-corrected chi connectivity index (χ3v) is 3.26. The topological polar surface area (TPSA) is 102 Å². The summed E-state index contributed by atoms with van der Waals surface area (Å²) in [6.45, 7) is 2.29. The lowest BCUT2D eigenvalue weighted by molar-refractivity contribution is -0.139. The smallest absolute Gasteiger partial charge is 0.491 e. The molecule has 6 nitrogen and oxygen atoms in total. The summed E-state index contributed by atoms with van der Waals surface area (Å²) in [5.74, 6) is -1.04. The van der Waals surface area contributed by atoms with Gasteiger partial charge in [-0.25, -0.2) is 0 Å². The van der Waals surface area contributed by atoms with Crippen LogP contribution in [0.4, 0.5) is 0 Å². The molecule has 2 unspecified atom stereocenters. The molecular weight excluding hydrogens is 249 g/mol. The molecule has 0 amide bonds. The summed E-state index contributed by atoms with van der Waals surface area (Å²) in [6.07, 6.45) is 0. The first-order valence-corrected chi connectivity index (χ1v) is 6.06. The lowest BCUT2D eigenvalue weighted by atomic mass is 9.76. The van der Waals surface area contributed by atoms with Gasteiger partial charge in [0, 0.05) is 11.4 Å². The van der Waals surface area contributed by atoms with E-state index in [4.69, 9.17) is 20.2 Å². The standard InChI is InChI=1S/C12H16BNO5/c1-7(10(14)12(15)16)8-3-2-4-9-11(8)18-5-6-19-13(9)17/h2-4,7,10,17H,5-6,14H2,1H3,(H,15,16). The number of benzene rings is 1. The van der Waals surface area contributed by atoms with Gasteiger partial charge >= 0.3 is 13.1 Å². The minimum absolute atomic E-state index is 0.272. The highest BCUT2D eigenvalue weighted by atomic mass is 16.6. The van der Waals surface area contributed by atoms with Gasteiger partial charge in [-0.15, -0.1) is 0 Å². The monoisotopic (exact) mass is 265 g/mol. The normalized spacial score (nSPS) is 17.9. The van der Waals surface area contributed by atoms with Gasteiger partial charge in [-0.05, 0) is 5.56 Å². The molecule has 1 heterocycles. The Balaban J connectivity index is 2.42. The van der Waals surface area contributed by atoms with Gasteiger partial charge in [0.1, 0.15) is 18.4 Å². The minimum atomic E-state index is -1.07. The van der Waals surface area contributed by atoms with Crippen LogP contribution in [0, 0.1) is 0 Å². The maximum Gasteiger partial charge on any atom is 0.495 e. The number of para-hydroxylation sites is 1. The fourth-order valence-corrected chi connectivity index (χ4v) is 2.09. The van der Waals surface area contributed by atoms with Crippen LogP contribution in [0.1, 0.15) is 18.4 Å². The van der Waals surface area contributed by atoms with Gasteiger partial charge in [0.2, 0.25) is 0 Å². The number of ether oxygens (including phenoxy) is 1. The number of nitrogens with two attached hydrogens (primary N) is 1. The summed E-state index contributed by atoms with van der Waals surface area (Å²) in [6, 6.07) is 4.13. The third kappa shape index (κ3) is 2.73. The van der Waals surface area contributed by atoms with Crippen LogP contribution in [-0.2, 0) is 9.45 Å². The van der Waals surface area contributed by atoms with Gasteiger partial charge in [0.05, 0.1) is 6.61 Å². The summed E-state index contributed by atoms with van der Waals surface area (Å²) in [5, 5.41) is 18.8. The summed E-state index contributed by atoms with van der Waals surface area (Å²) >= 11 is 0. The fourth-order valence-electron chi connectivity index (χ4n) is 2.09. The van der Waals surface area contributed by atoms with E-state index in [-0.39, 0.29) is 6.61 Å². The molecule has 0 aromatic heterocycles. The van der Waals surface area contributed by atoms with Crippen molar-refractivity contribution in [1.82, 2.24) is 0 Å². The van der Waals surface area contributed by atoms with Crippen molar-refractivity contribution in [2.75, 3.05) is 13.2 Å². The van der Waals surface area contributed by atoms with Crippen LogP contribution in [0.15, 0.2) is 18.2 Å². The molecular formula is C12H16BNO5. The Kier molecular flexibility index (Phi) is 4.09. The zero-order valence-electron chi connectivity index (χ0n) is 10.6. The van der Waals surface area contributed by atoms with Crippen LogP contribution in [0.25, 0.3) is 0 Å². The number of hydrogen-bond acceptors (Lipinski definition) is 5. The predicted octanol–water partition coefficient (Wildman–Crippen LogP) is -0.701. The summed E-state index contributed by atoms with van der Waals surface area (Å²) in [4.78, 5) is 11.0. The maximum absolute atomic E-state index is 11.0. The number of rotatable bonds is 3. The molecule has 1 aliphatic heterocycles. The Bertz CT molecular complexity index is 481. The largest absolute Gasteiger partial charge is 0.495 e. The average Bonchev–Trinajstić information content (AvgIpc) is 2.59. The van der Waals surface area contributed by atoms with Crippen LogP contribution >= 0.6 is 0 Å². The predicted molar refractivity (Wildman–Crippen MR) is 69.5 cm³/mol. The Morgan fingerprint density at radius 1 is 1.47 bits per heavy atom. The first-order chi connectivity index (χ1) is 9.02. The number of hydrogen-bond donors (Lipinski definition) is 3. The van der Waals surface area contributed by atoms with Crippen LogP contribution in [0.3, 0.4) is 0 Å². The zero-order chi connectivity index (χ0) is 14.0. The molecule has 2 rings (SSSR count). The molecule has 0 saturated carbocycles. The maximum atomic E-state index is 11.0. The van der Waals surface area contributed by atoms with Crippen molar-refractivity contribution in [2.45, 2.75) is 18.9 Å². The Labute approximate surface area is 111 Å². The molecule has 2 atom stereocenters. The van der Waals surface area contributed by atoms with Crippen molar-refractivity contribution in [3.05, 3.63) is 23.8 Å². The Morgan fingerprint density at radius 3 is 2.89 bits per heavy atom. The van der Waals surface area contributed by atoms with Crippen molar-refractivity contribution in [2.24, 2.45) is 5.73 Å². The van der Waals surface area contributed by atoms with E-state index in [1.807, 2.05) is 0 Å². The summed E-state index contributed by atoms with van der Waals surface area (Å²) < 4.78 is 10.7. The van der Waals surface area contributed by atoms with Crippen LogP contribution < -0.4 is 15.9 Å². The quantitative estimate of drug-likeness (QED) is 0.624. The second-order valence-electron chi connectivity index (χ2n) is 4.49. The number of carboxylic acid groups (broad SMARTS) is 1. The van der Waals surface area contributed by atoms with Crippen molar-refractivity contribution in [1.29, 1.82) is 0 Å². The zero-order valence-corrected chi connectivity index (χ0v) is 10.6. The van der Waals surface area contributed by atoms with Crippen LogP contribution in [-0.4, -0.2) is 42.5 Å². The van der Waals surface area contributed by atoms with Gasteiger partial charge in [-0.2, -0.15) is 0 Å². The lowest BCUT2D eigenvalue weighted by Gasteiger charge is -2.21. The van der Waals surface area contributed by atoms with Gasteiger partial charge in [-0.3, -0.25) is 4.79 Å². The average molecular weight is 265 g/mol. The third-order valence-electron chi connectivity index (χ3n) is 3.26. The van der Waals surface area contributed by atoms with Gasteiger partial charge in [-0.1, -0.05) is 25.1 Å². The molecule has 4 N–H and O–H groups in total. The second-order valence-corrected chi connectivity index (χ2v) is 4.49. The molecule has 7 heteroatoms. The summed E-state index contributed by atoms with van der Waals surface area (Å²) in [7, 11) is -1.06. The molecule has 0 fully saturated rings. The van der Waals surface area contributed by atoms with Crippen molar-refractivity contribution in [3.63, 3.8) is 0 Å². The lowest BCUT2D eigenvalue weighted by Crippen LogP contribution is -2.37. The Hall–Kier alpha value is -1.57. The van der Waals surface area contributed by atoms with E-state index in [9.17, 15) is 9.82 Å². The molecule has 1 aliphatic rings. The number of carboxylic acids is 1. The molecule has 102 valence electrons. The molecule has 0 radical (unpaired) electrons. The molecule has 1 aromatic carbocycles. The molecule has 0 saturated heterocycles. The van der Waals surface area contributed by atoms with E-state index in [0.29, 0.717) is 23.4 Å². The first-order valence-electron chi connectivity index (χ1n) is 6.06. The highest BCUT2D eigenvalue weighted by Gasteiger charge is 2.30. The van der Waals surface area contributed by atoms with Crippen molar-refractivity contribution < 1.29 is 24.3 Å². The van der Waals surface area contributed by atoms with Crippen molar-refractivity contribution >= 4 is 18.6 Å². The highest BCUT2D eigenvalue weighted by molar-refractivity contribution is 6.61. The highest BCUT2D eigenvalue weighted by Crippen LogP contribution is 2.28. The molecule has 0 spiro atoms. The molecule has 0 aliphatic carbocycles. The van der Waals surface area contributed by atoms with E-state index in [0.717, 1.165) is 0 Å². The Morgan fingerprint density at radius 2 is 2.21 bits per heavy atom. The van der Waals surface area contributed by atoms with Gasteiger partial charge in [0.25, 0.3) is 0 Å². The SMILES string of the molecule is CC(c1cccc2c1OCCOB2O)C(N)C(=O)O. The van der Waals surface area contributed by atoms with E-state index in [2.05, 4.69) is 0 Å². The van der Waals surface area contributed by atoms with Gasteiger partial charge < -0.3 is 25.3 Å². The number of aliphatic carboxylic acids is 1. The number of fused-ring (bicyclic) bond motifs is 1.